The summed E-state index contributed by atoms with van der Waals surface area (Å²) in [7, 11) is 0. The molecule has 3 aromatic heterocycles. The Hall–Kier alpha value is -3.61. The van der Waals surface area contributed by atoms with Crippen molar-refractivity contribution in [2.45, 2.75) is 33.0 Å². The molecule has 0 aliphatic rings. The van der Waals surface area contributed by atoms with Crippen molar-refractivity contribution < 1.29 is 22.8 Å². The Morgan fingerprint density at radius 2 is 1.81 bits per heavy atom. The van der Waals surface area contributed by atoms with E-state index in [2.05, 4.69) is 30.6 Å². The second-order valence-corrected chi connectivity index (χ2v) is 7.89. The number of carbonyl (C=O) groups excluding carboxylic acids is 2. The van der Waals surface area contributed by atoms with E-state index in [1.807, 2.05) is 0 Å². The normalized spacial score (nSPS) is 12.3. The van der Waals surface area contributed by atoms with Crippen molar-refractivity contribution in [1.29, 1.82) is 0 Å². The van der Waals surface area contributed by atoms with Crippen LogP contribution in [0.3, 0.4) is 0 Å². The van der Waals surface area contributed by atoms with Crippen LogP contribution in [0, 0.1) is 13.8 Å². The van der Waals surface area contributed by atoms with Crippen molar-refractivity contribution in [1.82, 2.24) is 25.3 Å². The number of aromatic nitrogens is 4. The molecule has 0 fully saturated rings. The molecule has 13 heteroatoms. The molecule has 0 radical (unpaired) electrons. The molecule has 4 N–H and O–H groups in total. The van der Waals surface area contributed by atoms with Gasteiger partial charge in [-0.2, -0.15) is 13.2 Å². The van der Waals surface area contributed by atoms with Gasteiger partial charge in [-0.25, -0.2) is 19.9 Å². The first-order valence-electron chi connectivity index (χ1n) is 9.16. The van der Waals surface area contributed by atoms with E-state index in [1.165, 1.54) is 19.4 Å². The minimum Gasteiger partial charge on any atom is -0.383 e. The lowest BCUT2D eigenvalue weighted by molar-refractivity contribution is -0.138. The summed E-state index contributed by atoms with van der Waals surface area (Å²) in [5.41, 5.74) is 5.30. The summed E-state index contributed by atoms with van der Waals surface area (Å²) >= 11 is 0.980. The topological polar surface area (TPSA) is 136 Å². The molecule has 1 atom stereocenters. The zero-order valence-corrected chi connectivity index (χ0v) is 17.9. The molecule has 3 rings (SSSR count). The van der Waals surface area contributed by atoms with Crippen molar-refractivity contribution in [3.05, 3.63) is 57.1 Å². The molecule has 0 aromatic carbocycles. The third-order valence-corrected chi connectivity index (χ3v) is 5.63. The zero-order chi connectivity index (χ0) is 23.6. The molecule has 9 nitrogen and oxygen atoms in total. The Balaban J connectivity index is 1.70. The van der Waals surface area contributed by atoms with Crippen LogP contribution in [-0.2, 0) is 6.18 Å². The summed E-state index contributed by atoms with van der Waals surface area (Å²) in [4.78, 5) is 40.7. The molecule has 0 aliphatic heterocycles. The van der Waals surface area contributed by atoms with Gasteiger partial charge in [0.05, 0.1) is 17.8 Å². The Morgan fingerprint density at radius 1 is 1.09 bits per heavy atom. The molecule has 2 amide bonds. The van der Waals surface area contributed by atoms with Crippen molar-refractivity contribution in [3.8, 4) is 0 Å². The summed E-state index contributed by atoms with van der Waals surface area (Å²) < 4.78 is 39.2. The van der Waals surface area contributed by atoms with E-state index < -0.39 is 29.6 Å². The largest absolute Gasteiger partial charge is 0.416 e. The van der Waals surface area contributed by atoms with Gasteiger partial charge in [-0.1, -0.05) is 0 Å². The van der Waals surface area contributed by atoms with E-state index in [-0.39, 0.29) is 27.8 Å². The quantitative estimate of drug-likeness (QED) is 0.526. The van der Waals surface area contributed by atoms with Crippen LogP contribution in [0.5, 0.6) is 0 Å². The number of rotatable bonds is 5. The molecule has 3 heterocycles. The van der Waals surface area contributed by atoms with E-state index in [9.17, 15) is 22.8 Å². The van der Waals surface area contributed by atoms with Crippen molar-refractivity contribution >= 4 is 34.8 Å². The monoisotopic (exact) mass is 465 g/mol. The van der Waals surface area contributed by atoms with E-state index >= 15 is 0 Å². The number of thiazole rings is 1. The number of nitrogens with two attached hydrogens (primary N) is 1. The number of carbonyl (C=O) groups is 2. The van der Waals surface area contributed by atoms with Gasteiger partial charge < -0.3 is 16.4 Å². The van der Waals surface area contributed by atoms with Crippen LogP contribution in [0.4, 0.5) is 24.8 Å². The third kappa shape index (κ3) is 4.99. The average Bonchev–Trinajstić information content (AvgIpc) is 3.21. The summed E-state index contributed by atoms with van der Waals surface area (Å²) in [5.74, 6) is -1.21. The van der Waals surface area contributed by atoms with Crippen molar-refractivity contribution in [3.63, 3.8) is 0 Å². The first kappa shape index (κ1) is 23.1. The molecular formula is C19H18F3N7O2S. The number of hydrogen-bond donors (Lipinski definition) is 3. The van der Waals surface area contributed by atoms with E-state index in [0.29, 0.717) is 10.6 Å². The maximum absolute atomic E-state index is 13.1. The van der Waals surface area contributed by atoms with Gasteiger partial charge in [0.15, 0.2) is 0 Å². The van der Waals surface area contributed by atoms with Crippen LogP contribution in [0.25, 0.3) is 0 Å². The van der Waals surface area contributed by atoms with Crippen LogP contribution >= 0.6 is 11.3 Å². The number of nitrogens with one attached hydrogen (secondary N) is 2. The van der Waals surface area contributed by atoms with Crippen LogP contribution in [0.1, 0.15) is 54.8 Å². The molecular weight excluding hydrogens is 447 g/mol. The van der Waals surface area contributed by atoms with Gasteiger partial charge >= 0.3 is 6.18 Å². The summed E-state index contributed by atoms with van der Waals surface area (Å²) in [6, 6.07) is 0.201. The lowest BCUT2D eigenvalue weighted by Crippen LogP contribution is -2.28. The SMILES string of the molecule is Cc1cnc(NC(=O)c2cnc([C@@H](C)NC(=O)c3ncnc(N)c3C)s2)cc1C(F)(F)F. The van der Waals surface area contributed by atoms with Gasteiger partial charge in [-0.3, -0.25) is 9.59 Å². The number of hydrogen-bond acceptors (Lipinski definition) is 8. The van der Waals surface area contributed by atoms with Gasteiger partial charge in [0.2, 0.25) is 0 Å². The second kappa shape index (κ2) is 8.86. The number of anilines is 2. The number of halogens is 3. The zero-order valence-electron chi connectivity index (χ0n) is 17.1. The van der Waals surface area contributed by atoms with Crippen LogP contribution in [0.2, 0.25) is 0 Å². The average molecular weight is 465 g/mol. The fourth-order valence-corrected chi connectivity index (χ4v) is 3.50. The number of amides is 2. The van der Waals surface area contributed by atoms with Gasteiger partial charge in [-0.05, 0) is 32.4 Å². The van der Waals surface area contributed by atoms with Gasteiger partial charge in [0, 0.05) is 11.8 Å². The van der Waals surface area contributed by atoms with Crippen LogP contribution < -0.4 is 16.4 Å². The molecule has 0 saturated heterocycles. The molecule has 0 bridgehead atoms. The number of alkyl halides is 3. The van der Waals surface area contributed by atoms with E-state index in [4.69, 9.17) is 5.73 Å². The predicted molar refractivity (Wildman–Crippen MR) is 111 cm³/mol. The van der Waals surface area contributed by atoms with E-state index in [0.717, 1.165) is 23.6 Å². The number of aryl methyl sites for hydroxylation is 1. The molecule has 168 valence electrons. The smallest absolute Gasteiger partial charge is 0.383 e. The maximum atomic E-state index is 13.1. The highest BCUT2D eigenvalue weighted by Gasteiger charge is 2.33. The molecule has 32 heavy (non-hydrogen) atoms. The van der Waals surface area contributed by atoms with Gasteiger partial charge in [-0.15, -0.1) is 11.3 Å². The first-order valence-corrected chi connectivity index (χ1v) is 9.98. The Bertz CT molecular complexity index is 1180. The molecule has 0 saturated carbocycles. The minimum absolute atomic E-state index is 0.0548. The fourth-order valence-electron chi connectivity index (χ4n) is 2.69. The molecule has 0 unspecified atom stereocenters. The minimum atomic E-state index is -4.56. The highest BCUT2D eigenvalue weighted by atomic mass is 32.1. The lowest BCUT2D eigenvalue weighted by Gasteiger charge is -2.12. The predicted octanol–water partition coefficient (Wildman–Crippen LogP) is 3.29. The maximum Gasteiger partial charge on any atom is 0.416 e. The van der Waals surface area contributed by atoms with Gasteiger partial charge in [0.1, 0.15) is 33.5 Å². The second-order valence-electron chi connectivity index (χ2n) is 6.83. The number of pyridine rings is 1. The fraction of sp³-hybridized carbons (Fsp3) is 0.263. The van der Waals surface area contributed by atoms with Gasteiger partial charge in [0.25, 0.3) is 11.8 Å². The lowest BCUT2D eigenvalue weighted by atomic mass is 10.1. The standard InChI is InChI=1S/C19H18F3N7O2S/c1-8-5-24-13(4-11(8)19(20,21)22)29-16(30)12-6-25-18(32-12)10(3)28-17(31)14-9(2)15(23)27-7-26-14/h4-7,10H,1-3H3,(H,28,31)(H2,23,26,27)(H,24,29,30)/t10-/m1/s1. The highest BCUT2D eigenvalue weighted by Crippen LogP contribution is 2.32. The summed E-state index contributed by atoms with van der Waals surface area (Å²) in [6.07, 6.45) is -1.08. The highest BCUT2D eigenvalue weighted by molar-refractivity contribution is 7.13. The Labute approximate surface area is 184 Å². The summed E-state index contributed by atoms with van der Waals surface area (Å²) in [6.45, 7) is 4.56. The first-order chi connectivity index (χ1) is 15.0. The van der Waals surface area contributed by atoms with Crippen LogP contribution in [0.15, 0.2) is 24.8 Å². The Kier molecular flexibility index (Phi) is 6.39. The van der Waals surface area contributed by atoms with Crippen LogP contribution in [-0.4, -0.2) is 31.8 Å². The molecule has 3 aromatic rings. The van der Waals surface area contributed by atoms with Crippen molar-refractivity contribution in [2.24, 2.45) is 0 Å². The third-order valence-electron chi connectivity index (χ3n) is 4.45. The summed E-state index contributed by atoms with van der Waals surface area (Å²) in [5, 5.41) is 5.45. The Morgan fingerprint density at radius 3 is 2.50 bits per heavy atom. The number of nitrogen functional groups attached to an aromatic ring is 1. The molecule has 0 spiro atoms. The molecule has 0 aliphatic carbocycles. The van der Waals surface area contributed by atoms with Crippen molar-refractivity contribution in [2.75, 3.05) is 11.1 Å². The van der Waals surface area contributed by atoms with E-state index in [1.54, 1.807) is 13.8 Å². The number of nitrogens with zero attached hydrogens (tertiary/aromatic N) is 4.